The van der Waals surface area contributed by atoms with Crippen molar-refractivity contribution < 1.29 is 32.5 Å². The van der Waals surface area contributed by atoms with Crippen molar-refractivity contribution in [3.05, 3.63) is 29.3 Å². The molecule has 0 unspecified atom stereocenters. The van der Waals surface area contributed by atoms with Gasteiger partial charge >= 0.3 is 12.1 Å². The van der Waals surface area contributed by atoms with E-state index in [1.54, 1.807) is 13.8 Å². The van der Waals surface area contributed by atoms with Crippen LogP contribution in [-0.4, -0.2) is 23.8 Å². The molecular weight excluding hydrogens is 301 g/mol. The van der Waals surface area contributed by atoms with Crippen molar-refractivity contribution in [1.82, 2.24) is 0 Å². The lowest BCUT2D eigenvalue weighted by atomic mass is 9.82. The first-order chi connectivity index (χ1) is 10.2. The number of ether oxygens (including phenoxy) is 2. The molecule has 2 rings (SSSR count). The van der Waals surface area contributed by atoms with Crippen LogP contribution in [0.5, 0.6) is 5.75 Å². The monoisotopic (exact) mass is 318 g/mol. The van der Waals surface area contributed by atoms with E-state index in [2.05, 4.69) is 0 Å². The molecule has 0 bridgehead atoms. The molecule has 0 amide bonds. The van der Waals surface area contributed by atoms with E-state index in [-0.39, 0.29) is 30.8 Å². The topological polar surface area (TPSA) is 55.8 Å². The zero-order valence-corrected chi connectivity index (χ0v) is 12.2. The highest BCUT2D eigenvalue weighted by atomic mass is 19.4. The van der Waals surface area contributed by atoms with Crippen LogP contribution < -0.4 is 4.74 Å². The van der Waals surface area contributed by atoms with Gasteiger partial charge in [-0.1, -0.05) is 6.07 Å². The molecule has 1 aliphatic heterocycles. The van der Waals surface area contributed by atoms with Crippen LogP contribution >= 0.6 is 0 Å². The van der Waals surface area contributed by atoms with Crippen LogP contribution in [-0.2, 0) is 21.3 Å². The van der Waals surface area contributed by atoms with E-state index in [1.807, 2.05) is 0 Å². The Morgan fingerprint density at radius 1 is 1.50 bits per heavy atom. The summed E-state index contributed by atoms with van der Waals surface area (Å²) in [6.45, 7) is 3.43. The lowest BCUT2D eigenvalue weighted by Crippen LogP contribution is -2.39. The van der Waals surface area contributed by atoms with Crippen LogP contribution in [0.2, 0.25) is 0 Å². The fraction of sp³-hybridized carbons (Fsp3) is 0.533. The number of hydrogen-bond donors (Lipinski definition) is 1. The van der Waals surface area contributed by atoms with Crippen molar-refractivity contribution >= 4 is 5.97 Å². The largest absolute Gasteiger partial charge is 0.490 e. The molecule has 0 saturated carbocycles. The minimum absolute atomic E-state index is 0.0552. The Hall–Kier alpha value is -1.76. The van der Waals surface area contributed by atoms with Crippen LogP contribution in [0.25, 0.3) is 0 Å². The first kappa shape index (κ1) is 16.6. The van der Waals surface area contributed by atoms with Gasteiger partial charge in [0.25, 0.3) is 0 Å². The number of benzene rings is 1. The number of carbonyl (C=O) groups excluding carboxylic acids is 1. The average molecular weight is 318 g/mol. The molecule has 1 aromatic rings. The van der Waals surface area contributed by atoms with Crippen molar-refractivity contribution in [2.45, 2.75) is 44.6 Å². The molecule has 0 aromatic heterocycles. The zero-order valence-electron chi connectivity index (χ0n) is 12.2. The molecule has 122 valence electrons. The maximum atomic E-state index is 12.8. The van der Waals surface area contributed by atoms with Crippen LogP contribution in [0, 0.1) is 0 Å². The highest BCUT2D eigenvalue weighted by molar-refractivity contribution is 5.71. The maximum Gasteiger partial charge on any atom is 0.416 e. The molecule has 4 nitrogen and oxygen atoms in total. The summed E-state index contributed by atoms with van der Waals surface area (Å²) in [5.74, 6) is -0.662. The molecular formula is C15H17F3O4. The van der Waals surface area contributed by atoms with Crippen molar-refractivity contribution in [1.29, 1.82) is 0 Å². The Balaban J connectivity index is 2.39. The summed E-state index contributed by atoms with van der Waals surface area (Å²) in [6.07, 6.45) is -5.24. The molecule has 2 atom stereocenters. The number of aliphatic hydroxyl groups is 1. The van der Waals surface area contributed by atoms with E-state index in [1.165, 1.54) is 0 Å². The third-order valence-corrected chi connectivity index (χ3v) is 3.51. The van der Waals surface area contributed by atoms with E-state index in [4.69, 9.17) is 9.47 Å². The van der Waals surface area contributed by atoms with E-state index < -0.39 is 29.4 Å². The van der Waals surface area contributed by atoms with Gasteiger partial charge in [0.1, 0.15) is 11.4 Å². The molecule has 1 aromatic carbocycles. The average Bonchev–Trinajstić information content (AvgIpc) is 2.36. The van der Waals surface area contributed by atoms with Gasteiger partial charge < -0.3 is 14.6 Å². The highest BCUT2D eigenvalue weighted by Gasteiger charge is 2.42. The zero-order chi connectivity index (χ0) is 16.5. The number of hydrogen-bond acceptors (Lipinski definition) is 4. The Bertz CT molecular complexity index is 570. The Labute approximate surface area is 125 Å². The number of esters is 1. The third-order valence-electron chi connectivity index (χ3n) is 3.51. The molecule has 1 N–H and O–H groups in total. The van der Waals surface area contributed by atoms with Gasteiger partial charge in [-0.25, -0.2) is 0 Å². The van der Waals surface area contributed by atoms with E-state index >= 15 is 0 Å². The molecule has 22 heavy (non-hydrogen) atoms. The smallest absolute Gasteiger partial charge is 0.416 e. The molecule has 0 spiro atoms. The van der Waals surface area contributed by atoms with Crippen LogP contribution in [0.4, 0.5) is 13.2 Å². The van der Waals surface area contributed by atoms with Crippen LogP contribution in [0.1, 0.15) is 37.8 Å². The normalized spacial score (nSPS) is 24.4. The molecule has 7 heteroatoms. The second-order valence-electron chi connectivity index (χ2n) is 5.35. The fourth-order valence-corrected chi connectivity index (χ4v) is 2.64. The van der Waals surface area contributed by atoms with Crippen molar-refractivity contribution in [3.8, 4) is 5.75 Å². The summed E-state index contributed by atoms with van der Waals surface area (Å²) in [5.41, 5.74) is -2.28. The predicted molar refractivity (Wildman–Crippen MR) is 71.3 cm³/mol. The lowest BCUT2D eigenvalue weighted by Gasteiger charge is -2.37. The molecule has 0 aliphatic carbocycles. The summed E-state index contributed by atoms with van der Waals surface area (Å²) >= 11 is 0. The molecule has 0 fully saturated rings. The van der Waals surface area contributed by atoms with Crippen LogP contribution in [0.3, 0.4) is 0 Å². The maximum absolute atomic E-state index is 12.8. The third kappa shape index (κ3) is 3.35. The Morgan fingerprint density at radius 3 is 2.77 bits per heavy atom. The highest BCUT2D eigenvalue weighted by Crippen LogP contribution is 2.44. The summed E-state index contributed by atoms with van der Waals surface area (Å²) in [7, 11) is 0. The Kier molecular flexibility index (Phi) is 4.37. The summed E-state index contributed by atoms with van der Waals surface area (Å²) in [4.78, 5) is 11.7. The van der Waals surface area contributed by atoms with Gasteiger partial charge in [0.2, 0.25) is 0 Å². The molecule has 0 saturated heterocycles. The number of fused-ring (bicyclic) bond motifs is 1. The first-order valence-corrected chi connectivity index (χ1v) is 6.92. The van der Waals surface area contributed by atoms with Gasteiger partial charge in [-0.15, -0.1) is 0 Å². The summed E-state index contributed by atoms with van der Waals surface area (Å²) in [6, 6.07) is 2.87. The van der Waals surface area contributed by atoms with Crippen molar-refractivity contribution in [2.75, 3.05) is 6.61 Å². The Morgan fingerprint density at radius 2 is 2.18 bits per heavy atom. The van der Waals surface area contributed by atoms with E-state index in [0.717, 1.165) is 18.2 Å². The quantitative estimate of drug-likeness (QED) is 0.871. The first-order valence-electron chi connectivity index (χ1n) is 6.92. The number of alkyl halides is 3. The molecule has 1 heterocycles. The minimum atomic E-state index is -4.50. The fourth-order valence-electron chi connectivity index (χ4n) is 2.64. The van der Waals surface area contributed by atoms with E-state index in [9.17, 15) is 23.1 Å². The molecule has 0 radical (unpaired) electrons. The second-order valence-corrected chi connectivity index (χ2v) is 5.35. The lowest BCUT2D eigenvalue weighted by molar-refractivity contribution is -0.151. The molecule has 1 aliphatic rings. The van der Waals surface area contributed by atoms with Gasteiger partial charge in [0.15, 0.2) is 0 Å². The number of carbonyl (C=O) groups is 1. The summed E-state index contributed by atoms with van der Waals surface area (Å²) in [5, 5.41) is 10.7. The van der Waals surface area contributed by atoms with Crippen molar-refractivity contribution in [3.63, 3.8) is 0 Å². The number of halogens is 3. The van der Waals surface area contributed by atoms with Crippen molar-refractivity contribution in [2.24, 2.45) is 0 Å². The number of rotatable bonds is 3. The SMILES string of the molecule is CCOC(=O)C[C@]1(O)C[C@@H](C)Oc2cc(C(F)(F)F)ccc21. The van der Waals surface area contributed by atoms with Gasteiger partial charge in [-0.05, 0) is 26.0 Å². The summed E-state index contributed by atoms with van der Waals surface area (Å²) < 4.78 is 48.5. The van der Waals surface area contributed by atoms with Crippen LogP contribution in [0.15, 0.2) is 18.2 Å². The predicted octanol–water partition coefficient (Wildman–Crippen LogP) is 3.02. The van der Waals surface area contributed by atoms with Gasteiger partial charge in [-0.2, -0.15) is 13.2 Å². The standard InChI is InChI=1S/C15H17F3O4/c1-3-21-13(19)8-14(20)7-9(2)22-12-6-10(15(16,17)18)4-5-11(12)14/h4-6,9,20H,3,7-8H2,1-2H3/t9-,14-/m1/s1. The second kappa shape index (κ2) is 5.79. The van der Waals surface area contributed by atoms with Gasteiger partial charge in [0.05, 0.1) is 24.7 Å². The minimum Gasteiger partial charge on any atom is -0.490 e. The van der Waals surface area contributed by atoms with Gasteiger partial charge in [0, 0.05) is 12.0 Å². The van der Waals surface area contributed by atoms with E-state index in [0.29, 0.717) is 0 Å². The van der Waals surface area contributed by atoms with Gasteiger partial charge in [-0.3, -0.25) is 4.79 Å².